The predicted octanol–water partition coefficient (Wildman–Crippen LogP) is 1.33. The zero-order chi connectivity index (χ0) is 9.54. The Bertz CT molecular complexity index is 547. The van der Waals surface area contributed by atoms with E-state index in [-0.39, 0.29) is 0 Å². The number of nitrogens with zero attached hydrogens (tertiary/aromatic N) is 3. The highest BCUT2D eigenvalue weighted by Crippen LogP contribution is 2.23. The van der Waals surface area contributed by atoms with Crippen LogP contribution in [0.5, 0.6) is 0 Å². The standard InChI is InChI=1S/C10H8N4/c11-6-7-1-2-8-9(5-7)14-4-3-12-10(14)13-8/h1-2,5H,3-4H2,(H,12,13). The average molecular weight is 184 g/mol. The Morgan fingerprint density at radius 3 is 3.29 bits per heavy atom. The lowest BCUT2D eigenvalue weighted by Crippen LogP contribution is -1.94. The Hall–Kier alpha value is -2.02. The Morgan fingerprint density at radius 1 is 1.50 bits per heavy atom. The molecule has 14 heavy (non-hydrogen) atoms. The van der Waals surface area contributed by atoms with Crippen LogP contribution >= 0.6 is 0 Å². The van der Waals surface area contributed by atoms with E-state index in [2.05, 4.69) is 20.9 Å². The maximum atomic E-state index is 8.79. The van der Waals surface area contributed by atoms with E-state index in [1.807, 2.05) is 12.1 Å². The molecule has 0 fully saturated rings. The Kier molecular flexibility index (Phi) is 1.31. The number of nitriles is 1. The van der Waals surface area contributed by atoms with Gasteiger partial charge in [-0.05, 0) is 18.2 Å². The van der Waals surface area contributed by atoms with E-state index in [4.69, 9.17) is 5.26 Å². The molecular weight excluding hydrogens is 176 g/mol. The molecule has 1 aliphatic heterocycles. The molecule has 4 heteroatoms. The van der Waals surface area contributed by atoms with E-state index < -0.39 is 0 Å². The van der Waals surface area contributed by atoms with Crippen LogP contribution < -0.4 is 5.32 Å². The fraction of sp³-hybridized carbons (Fsp3) is 0.200. The van der Waals surface area contributed by atoms with Gasteiger partial charge in [-0.3, -0.25) is 0 Å². The zero-order valence-corrected chi connectivity index (χ0v) is 7.49. The molecule has 68 valence electrons. The summed E-state index contributed by atoms with van der Waals surface area (Å²) in [6.07, 6.45) is 0. The lowest BCUT2D eigenvalue weighted by atomic mass is 10.2. The normalized spacial score (nSPS) is 13.6. The van der Waals surface area contributed by atoms with Crippen molar-refractivity contribution in [1.29, 1.82) is 5.26 Å². The number of hydrogen-bond acceptors (Lipinski definition) is 3. The maximum Gasteiger partial charge on any atom is 0.204 e. The van der Waals surface area contributed by atoms with Crippen LogP contribution in [0.1, 0.15) is 5.56 Å². The number of aromatic nitrogens is 2. The molecule has 0 saturated carbocycles. The highest BCUT2D eigenvalue weighted by atomic mass is 15.3. The van der Waals surface area contributed by atoms with Gasteiger partial charge in [-0.15, -0.1) is 0 Å². The molecule has 0 unspecified atom stereocenters. The molecule has 1 aromatic carbocycles. The van der Waals surface area contributed by atoms with Crippen LogP contribution in [-0.4, -0.2) is 16.1 Å². The third kappa shape index (κ3) is 0.839. The minimum absolute atomic E-state index is 0.687. The molecule has 0 spiro atoms. The van der Waals surface area contributed by atoms with Crippen LogP contribution in [0.2, 0.25) is 0 Å². The maximum absolute atomic E-state index is 8.79. The summed E-state index contributed by atoms with van der Waals surface area (Å²) < 4.78 is 2.11. The van der Waals surface area contributed by atoms with Gasteiger partial charge in [0.15, 0.2) is 0 Å². The Balaban J connectivity index is 2.36. The smallest absolute Gasteiger partial charge is 0.204 e. The summed E-state index contributed by atoms with van der Waals surface area (Å²) in [5.74, 6) is 0.912. The first-order valence-corrected chi connectivity index (χ1v) is 4.53. The number of hydrogen-bond donors (Lipinski definition) is 1. The van der Waals surface area contributed by atoms with Crippen molar-refractivity contribution in [2.75, 3.05) is 11.9 Å². The van der Waals surface area contributed by atoms with Crippen LogP contribution in [0.4, 0.5) is 5.95 Å². The summed E-state index contributed by atoms with van der Waals surface area (Å²) in [7, 11) is 0. The first kappa shape index (κ1) is 7.39. The van der Waals surface area contributed by atoms with E-state index in [9.17, 15) is 0 Å². The molecule has 0 radical (unpaired) electrons. The largest absolute Gasteiger partial charge is 0.354 e. The van der Waals surface area contributed by atoms with E-state index in [0.717, 1.165) is 30.1 Å². The van der Waals surface area contributed by atoms with E-state index in [1.54, 1.807) is 6.07 Å². The van der Waals surface area contributed by atoms with Crippen molar-refractivity contribution in [2.24, 2.45) is 0 Å². The van der Waals surface area contributed by atoms with Crippen molar-refractivity contribution >= 4 is 17.0 Å². The molecule has 0 aliphatic carbocycles. The monoisotopic (exact) mass is 184 g/mol. The SMILES string of the molecule is N#Cc1ccc2nc3n(c2c1)CCN3. The van der Waals surface area contributed by atoms with Crippen LogP contribution in [0.15, 0.2) is 18.2 Å². The number of anilines is 1. The van der Waals surface area contributed by atoms with Crippen molar-refractivity contribution in [1.82, 2.24) is 9.55 Å². The van der Waals surface area contributed by atoms with E-state index in [1.165, 1.54) is 0 Å². The van der Waals surface area contributed by atoms with Crippen molar-refractivity contribution in [3.63, 3.8) is 0 Å². The van der Waals surface area contributed by atoms with Crippen molar-refractivity contribution in [3.05, 3.63) is 23.8 Å². The summed E-state index contributed by atoms with van der Waals surface area (Å²) >= 11 is 0. The van der Waals surface area contributed by atoms with Gasteiger partial charge in [0.25, 0.3) is 0 Å². The summed E-state index contributed by atoms with van der Waals surface area (Å²) in [4.78, 5) is 4.41. The first-order valence-electron chi connectivity index (χ1n) is 4.53. The lowest BCUT2D eigenvalue weighted by Gasteiger charge is -1.96. The van der Waals surface area contributed by atoms with Crippen LogP contribution in [0, 0.1) is 11.3 Å². The second-order valence-electron chi connectivity index (χ2n) is 3.33. The molecule has 1 aliphatic rings. The quantitative estimate of drug-likeness (QED) is 0.672. The van der Waals surface area contributed by atoms with Crippen LogP contribution in [0.3, 0.4) is 0 Å². The van der Waals surface area contributed by atoms with E-state index in [0.29, 0.717) is 5.56 Å². The van der Waals surface area contributed by atoms with Gasteiger partial charge in [-0.1, -0.05) is 0 Å². The molecule has 4 nitrogen and oxygen atoms in total. The molecule has 0 bridgehead atoms. The number of fused-ring (bicyclic) bond motifs is 3. The third-order valence-electron chi connectivity index (χ3n) is 2.50. The highest BCUT2D eigenvalue weighted by molar-refractivity contribution is 5.80. The fourth-order valence-corrected chi connectivity index (χ4v) is 1.83. The summed E-state index contributed by atoms with van der Waals surface area (Å²) in [5, 5.41) is 12.0. The molecule has 2 aromatic rings. The molecular formula is C10H8N4. The molecule has 1 aromatic heterocycles. The van der Waals surface area contributed by atoms with Crippen LogP contribution in [0.25, 0.3) is 11.0 Å². The predicted molar refractivity (Wildman–Crippen MR) is 52.9 cm³/mol. The van der Waals surface area contributed by atoms with Gasteiger partial charge in [0.1, 0.15) is 0 Å². The minimum Gasteiger partial charge on any atom is -0.354 e. The molecule has 2 heterocycles. The van der Waals surface area contributed by atoms with Crippen LogP contribution in [-0.2, 0) is 6.54 Å². The second kappa shape index (κ2) is 2.48. The molecule has 0 atom stereocenters. The molecule has 0 amide bonds. The van der Waals surface area contributed by atoms with Crippen molar-refractivity contribution < 1.29 is 0 Å². The van der Waals surface area contributed by atoms with Gasteiger partial charge < -0.3 is 9.88 Å². The first-order chi connectivity index (χ1) is 6.88. The Morgan fingerprint density at radius 2 is 2.43 bits per heavy atom. The minimum atomic E-state index is 0.687. The fourth-order valence-electron chi connectivity index (χ4n) is 1.83. The van der Waals surface area contributed by atoms with Gasteiger partial charge in [-0.25, -0.2) is 4.98 Å². The number of benzene rings is 1. The summed E-state index contributed by atoms with van der Waals surface area (Å²) in [6, 6.07) is 7.71. The molecule has 0 saturated heterocycles. The number of imidazole rings is 1. The van der Waals surface area contributed by atoms with Gasteiger partial charge in [-0.2, -0.15) is 5.26 Å². The Labute approximate surface area is 80.8 Å². The van der Waals surface area contributed by atoms with Gasteiger partial charge in [0.05, 0.1) is 22.7 Å². The average Bonchev–Trinajstić information content (AvgIpc) is 2.76. The highest BCUT2D eigenvalue weighted by Gasteiger charge is 2.15. The summed E-state index contributed by atoms with van der Waals surface area (Å²) in [5.41, 5.74) is 2.68. The van der Waals surface area contributed by atoms with Gasteiger partial charge >= 0.3 is 0 Å². The topological polar surface area (TPSA) is 53.6 Å². The molecule has 1 N–H and O–H groups in total. The van der Waals surface area contributed by atoms with Crippen molar-refractivity contribution in [2.45, 2.75) is 6.54 Å². The van der Waals surface area contributed by atoms with Gasteiger partial charge in [0.2, 0.25) is 5.95 Å². The summed E-state index contributed by atoms with van der Waals surface area (Å²) in [6.45, 7) is 1.86. The van der Waals surface area contributed by atoms with Gasteiger partial charge in [0, 0.05) is 13.1 Å². The molecule has 3 rings (SSSR count). The van der Waals surface area contributed by atoms with E-state index >= 15 is 0 Å². The number of rotatable bonds is 0. The third-order valence-corrected chi connectivity index (χ3v) is 2.50. The zero-order valence-electron chi connectivity index (χ0n) is 7.49. The second-order valence-corrected chi connectivity index (χ2v) is 3.33. The lowest BCUT2D eigenvalue weighted by molar-refractivity contribution is 0.837. The number of nitrogens with one attached hydrogen (secondary N) is 1. The van der Waals surface area contributed by atoms with Crippen molar-refractivity contribution in [3.8, 4) is 6.07 Å².